The van der Waals surface area contributed by atoms with Crippen LogP contribution >= 0.6 is 0 Å². The van der Waals surface area contributed by atoms with E-state index in [9.17, 15) is 9.59 Å². The van der Waals surface area contributed by atoms with Crippen LogP contribution in [0.1, 0.15) is 20.8 Å². The van der Waals surface area contributed by atoms with Crippen molar-refractivity contribution in [3.8, 4) is 0 Å². The first kappa shape index (κ1) is 9.92. The van der Waals surface area contributed by atoms with E-state index in [4.69, 9.17) is 5.11 Å². The monoisotopic (exact) mass is 183 g/mol. The average molecular weight is 183 g/mol. The molecule has 0 bridgehead atoms. The van der Waals surface area contributed by atoms with Crippen LogP contribution in [0.2, 0.25) is 0 Å². The fourth-order valence-electron chi connectivity index (χ4n) is 1.26. The molecule has 0 saturated heterocycles. The molecule has 0 radical (unpaired) electrons. The second-order valence-corrected chi connectivity index (χ2v) is 3.26. The zero-order chi connectivity index (χ0) is 10.2. The van der Waals surface area contributed by atoms with E-state index in [0.29, 0.717) is 11.1 Å². The predicted octanol–water partition coefficient (Wildman–Crippen LogP) is 0.0724. The molecule has 4 nitrogen and oxygen atoms in total. The molecule has 0 saturated carbocycles. The van der Waals surface area contributed by atoms with Gasteiger partial charge in [-0.25, -0.2) is 0 Å². The Morgan fingerprint density at radius 3 is 1.92 bits per heavy atom. The molecule has 13 heavy (non-hydrogen) atoms. The van der Waals surface area contributed by atoms with E-state index >= 15 is 0 Å². The second kappa shape index (κ2) is 3.30. The lowest BCUT2D eigenvalue weighted by atomic mass is 10.2. The second-order valence-electron chi connectivity index (χ2n) is 3.26. The van der Waals surface area contributed by atoms with Gasteiger partial charge in [0, 0.05) is 11.1 Å². The molecule has 72 valence electrons. The summed E-state index contributed by atoms with van der Waals surface area (Å²) in [7, 11) is 0. The molecule has 1 aliphatic heterocycles. The highest BCUT2D eigenvalue weighted by Gasteiger charge is 2.35. The summed E-state index contributed by atoms with van der Waals surface area (Å²) in [5.74, 6) is -0.576. The molecule has 0 aromatic rings. The Kier molecular flexibility index (Phi) is 2.52. The van der Waals surface area contributed by atoms with E-state index in [-0.39, 0.29) is 18.4 Å². The molecule has 1 heterocycles. The van der Waals surface area contributed by atoms with Crippen LogP contribution in [0, 0.1) is 0 Å². The fraction of sp³-hybridized carbons (Fsp3) is 0.556. The Bertz CT molecular complexity index is 269. The summed E-state index contributed by atoms with van der Waals surface area (Å²) in [6.07, 6.45) is 0. The van der Waals surface area contributed by atoms with Gasteiger partial charge in [-0.15, -0.1) is 0 Å². The third kappa shape index (κ3) is 1.37. The number of nitrogens with zero attached hydrogens (tertiary/aromatic N) is 1. The van der Waals surface area contributed by atoms with Crippen LogP contribution in [-0.2, 0) is 9.59 Å². The van der Waals surface area contributed by atoms with Crippen molar-refractivity contribution in [1.82, 2.24) is 4.90 Å². The molecular weight excluding hydrogens is 170 g/mol. The standard InChI is InChI=1S/C9H13NO3/c1-5(4-11)10-8(12)6(2)7(3)9(10)13/h5,11H,4H2,1-3H3/t5-/m1/s1. The lowest BCUT2D eigenvalue weighted by molar-refractivity contribution is -0.140. The molecule has 2 amide bonds. The molecule has 1 atom stereocenters. The van der Waals surface area contributed by atoms with Crippen molar-refractivity contribution in [3.05, 3.63) is 11.1 Å². The fourth-order valence-corrected chi connectivity index (χ4v) is 1.26. The van der Waals surface area contributed by atoms with Gasteiger partial charge in [0.15, 0.2) is 0 Å². The number of imide groups is 1. The van der Waals surface area contributed by atoms with Crippen molar-refractivity contribution in [3.63, 3.8) is 0 Å². The molecule has 1 aliphatic rings. The first-order valence-corrected chi connectivity index (χ1v) is 4.17. The summed E-state index contributed by atoms with van der Waals surface area (Å²) in [6.45, 7) is 4.69. The summed E-state index contributed by atoms with van der Waals surface area (Å²) >= 11 is 0. The van der Waals surface area contributed by atoms with E-state index in [0.717, 1.165) is 4.90 Å². The number of rotatable bonds is 2. The Morgan fingerprint density at radius 1 is 1.23 bits per heavy atom. The number of amides is 2. The van der Waals surface area contributed by atoms with Crippen LogP contribution in [0.15, 0.2) is 11.1 Å². The van der Waals surface area contributed by atoms with Crippen molar-refractivity contribution in [2.45, 2.75) is 26.8 Å². The maximum atomic E-state index is 11.5. The van der Waals surface area contributed by atoms with Gasteiger partial charge in [-0.05, 0) is 20.8 Å². The third-order valence-electron chi connectivity index (χ3n) is 2.35. The molecule has 0 aliphatic carbocycles. The largest absolute Gasteiger partial charge is 0.394 e. The summed E-state index contributed by atoms with van der Waals surface area (Å²) in [5, 5.41) is 8.84. The lowest BCUT2D eigenvalue weighted by Gasteiger charge is -2.20. The van der Waals surface area contributed by atoms with Crippen molar-refractivity contribution in [1.29, 1.82) is 0 Å². The highest BCUT2D eigenvalue weighted by molar-refractivity contribution is 6.18. The normalized spacial score (nSPS) is 20.2. The third-order valence-corrected chi connectivity index (χ3v) is 2.35. The summed E-state index contributed by atoms with van der Waals surface area (Å²) in [6, 6.07) is -0.438. The Hall–Kier alpha value is -1.16. The van der Waals surface area contributed by atoms with E-state index in [1.807, 2.05) is 0 Å². The quantitative estimate of drug-likeness (QED) is 0.616. The van der Waals surface area contributed by atoms with Gasteiger partial charge in [-0.1, -0.05) is 0 Å². The van der Waals surface area contributed by atoms with Gasteiger partial charge in [0.25, 0.3) is 11.8 Å². The van der Waals surface area contributed by atoms with Gasteiger partial charge in [0.1, 0.15) is 0 Å². The van der Waals surface area contributed by atoms with Crippen molar-refractivity contribution >= 4 is 11.8 Å². The van der Waals surface area contributed by atoms with Gasteiger partial charge in [0.2, 0.25) is 0 Å². The minimum atomic E-state index is -0.438. The first-order chi connectivity index (χ1) is 6.00. The van der Waals surface area contributed by atoms with Gasteiger partial charge >= 0.3 is 0 Å². The van der Waals surface area contributed by atoms with Crippen molar-refractivity contribution in [2.24, 2.45) is 0 Å². The van der Waals surface area contributed by atoms with Gasteiger partial charge in [-0.3, -0.25) is 14.5 Å². The van der Waals surface area contributed by atoms with Crippen LogP contribution in [0.25, 0.3) is 0 Å². The smallest absolute Gasteiger partial charge is 0.257 e. The first-order valence-electron chi connectivity index (χ1n) is 4.17. The zero-order valence-corrected chi connectivity index (χ0v) is 8.00. The summed E-state index contributed by atoms with van der Waals surface area (Å²) < 4.78 is 0. The molecule has 0 fully saturated rings. The van der Waals surface area contributed by atoms with Crippen molar-refractivity contribution in [2.75, 3.05) is 6.61 Å². The minimum Gasteiger partial charge on any atom is -0.394 e. The Morgan fingerprint density at radius 2 is 1.62 bits per heavy atom. The molecule has 0 spiro atoms. The molecule has 1 rings (SSSR count). The highest BCUT2D eigenvalue weighted by Crippen LogP contribution is 2.21. The number of aliphatic hydroxyl groups excluding tert-OH is 1. The maximum Gasteiger partial charge on any atom is 0.257 e. The number of aliphatic hydroxyl groups is 1. The van der Waals surface area contributed by atoms with Crippen LogP contribution in [0.4, 0.5) is 0 Å². The number of hydrogen-bond acceptors (Lipinski definition) is 3. The van der Waals surface area contributed by atoms with Gasteiger partial charge < -0.3 is 5.11 Å². The van der Waals surface area contributed by atoms with E-state index < -0.39 is 6.04 Å². The number of carbonyl (C=O) groups excluding carboxylic acids is 2. The zero-order valence-electron chi connectivity index (χ0n) is 8.00. The van der Waals surface area contributed by atoms with Crippen LogP contribution in [-0.4, -0.2) is 34.5 Å². The van der Waals surface area contributed by atoms with Crippen LogP contribution in [0.5, 0.6) is 0 Å². The molecular formula is C9H13NO3. The highest BCUT2D eigenvalue weighted by atomic mass is 16.3. The van der Waals surface area contributed by atoms with Crippen LogP contribution in [0.3, 0.4) is 0 Å². The van der Waals surface area contributed by atoms with Gasteiger partial charge in [0.05, 0.1) is 12.6 Å². The predicted molar refractivity (Wildman–Crippen MR) is 46.8 cm³/mol. The Labute approximate surface area is 76.8 Å². The van der Waals surface area contributed by atoms with E-state index in [1.54, 1.807) is 20.8 Å². The maximum absolute atomic E-state index is 11.5. The summed E-state index contributed by atoms with van der Waals surface area (Å²) in [4.78, 5) is 24.0. The lowest BCUT2D eigenvalue weighted by Crippen LogP contribution is -2.41. The number of carbonyl (C=O) groups is 2. The molecule has 4 heteroatoms. The van der Waals surface area contributed by atoms with E-state index in [2.05, 4.69) is 0 Å². The van der Waals surface area contributed by atoms with Crippen LogP contribution < -0.4 is 0 Å². The summed E-state index contributed by atoms with van der Waals surface area (Å²) in [5.41, 5.74) is 0.954. The molecule has 0 aromatic heterocycles. The molecule has 0 aromatic carbocycles. The Balaban J connectivity index is 2.97. The average Bonchev–Trinajstić information content (AvgIpc) is 2.30. The number of hydrogen-bond donors (Lipinski definition) is 1. The topological polar surface area (TPSA) is 57.6 Å². The van der Waals surface area contributed by atoms with Gasteiger partial charge in [-0.2, -0.15) is 0 Å². The van der Waals surface area contributed by atoms with E-state index in [1.165, 1.54) is 0 Å². The van der Waals surface area contributed by atoms with Crippen molar-refractivity contribution < 1.29 is 14.7 Å². The minimum absolute atomic E-state index is 0.196. The molecule has 1 N–H and O–H groups in total. The SMILES string of the molecule is CC1=C(C)C(=O)N([C@H](C)CO)C1=O. The molecule has 0 unspecified atom stereocenters.